The van der Waals surface area contributed by atoms with Gasteiger partial charge in [0.1, 0.15) is 6.04 Å². The van der Waals surface area contributed by atoms with E-state index in [9.17, 15) is 19.5 Å². The van der Waals surface area contributed by atoms with Gasteiger partial charge in [0.2, 0.25) is 11.8 Å². The van der Waals surface area contributed by atoms with Gasteiger partial charge in [-0.25, -0.2) is 0 Å². The molecule has 1 aliphatic heterocycles. The molecular weight excluding hydrogens is 348 g/mol. The van der Waals surface area contributed by atoms with Crippen LogP contribution >= 0.6 is 0 Å². The Morgan fingerprint density at radius 1 is 1.26 bits per heavy atom. The molecule has 27 heavy (non-hydrogen) atoms. The second-order valence-electron chi connectivity index (χ2n) is 7.32. The third-order valence-electron chi connectivity index (χ3n) is 5.52. The highest BCUT2D eigenvalue weighted by atomic mass is 16.5. The minimum Gasteiger partial charge on any atom is -0.466 e. The van der Waals surface area contributed by atoms with Gasteiger partial charge in [-0.1, -0.05) is 38.8 Å². The highest BCUT2D eigenvalue weighted by molar-refractivity contribution is 5.96. The predicted octanol–water partition coefficient (Wildman–Crippen LogP) is 1.11. The molecule has 0 radical (unpaired) electrons. The minimum absolute atomic E-state index is 0.0800. The van der Waals surface area contributed by atoms with E-state index in [-0.39, 0.29) is 43.4 Å². The molecule has 2 aliphatic rings. The van der Waals surface area contributed by atoms with E-state index in [2.05, 4.69) is 12.2 Å². The normalized spacial score (nSPS) is 29.6. The van der Waals surface area contributed by atoms with Gasteiger partial charge in [-0.05, 0) is 19.3 Å². The van der Waals surface area contributed by atoms with Crippen LogP contribution in [-0.4, -0.2) is 60.1 Å². The van der Waals surface area contributed by atoms with Crippen LogP contribution in [0.25, 0.3) is 0 Å². The molecule has 7 heteroatoms. The topological polar surface area (TPSA) is 95.9 Å². The molecule has 2 N–H and O–H groups in total. The number of hydrogen-bond donors (Lipinski definition) is 2. The number of nitrogens with one attached hydrogen (secondary N) is 1. The first-order valence-corrected chi connectivity index (χ1v) is 10.0. The third-order valence-corrected chi connectivity index (χ3v) is 5.52. The number of amides is 2. The van der Waals surface area contributed by atoms with E-state index in [0.29, 0.717) is 6.54 Å². The van der Waals surface area contributed by atoms with Gasteiger partial charge in [0.05, 0.1) is 25.0 Å². The fourth-order valence-electron chi connectivity index (χ4n) is 4.23. The van der Waals surface area contributed by atoms with Crippen molar-refractivity contribution >= 4 is 17.8 Å². The quantitative estimate of drug-likeness (QED) is 0.355. The van der Waals surface area contributed by atoms with Crippen LogP contribution in [0.4, 0.5) is 0 Å². The summed E-state index contributed by atoms with van der Waals surface area (Å²) in [5.74, 6) is -2.63. The molecule has 0 aromatic carbocycles. The number of ether oxygens (including phenoxy) is 1. The number of unbranched alkanes of at least 4 members (excludes halogenated alkanes) is 2. The molecule has 0 aromatic rings. The molecule has 1 fully saturated rings. The predicted molar refractivity (Wildman–Crippen MR) is 101 cm³/mol. The molecule has 152 valence electrons. The first-order chi connectivity index (χ1) is 13.0. The minimum atomic E-state index is -0.697. The molecule has 0 unspecified atom stereocenters. The number of carbonyl (C=O) groups is 3. The number of nitrogens with zero attached hydrogens (tertiary/aromatic N) is 1. The number of β-amino-alcohol motifs (C(OH)–C–C–N with tert-alkyl or cyclic N) is 1. The van der Waals surface area contributed by atoms with Gasteiger partial charge in [0.15, 0.2) is 0 Å². The Balaban J connectivity index is 2.26. The van der Waals surface area contributed by atoms with Crippen molar-refractivity contribution in [2.45, 2.75) is 46.1 Å². The summed E-state index contributed by atoms with van der Waals surface area (Å²) in [5, 5.41) is 12.3. The molecule has 1 aliphatic carbocycles. The fourth-order valence-corrected chi connectivity index (χ4v) is 4.23. The zero-order valence-corrected chi connectivity index (χ0v) is 16.5. The Hall–Kier alpha value is -1.89. The van der Waals surface area contributed by atoms with E-state index in [1.54, 1.807) is 6.92 Å². The number of likely N-dealkylation sites (tertiary alicyclic amines) is 1. The van der Waals surface area contributed by atoms with E-state index in [4.69, 9.17) is 4.74 Å². The average molecular weight is 380 g/mol. The van der Waals surface area contributed by atoms with E-state index in [0.717, 1.165) is 19.3 Å². The van der Waals surface area contributed by atoms with Gasteiger partial charge in [-0.3, -0.25) is 14.4 Å². The van der Waals surface area contributed by atoms with Crippen LogP contribution in [0.2, 0.25) is 0 Å². The van der Waals surface area contributed by atoms with Crippen molar-refractivity contribution in [3.8, 4) is 0 Å². The molecule has 0 saturated carbocycles. The summed E-state index contributed by atoms with van der Waals surface area (Å²) >= 11 is 0. The van der Waals surface area contributed by atoms with Gasteiger partial charge < -0.3 is 20.1 Å². The van der Waals surface area contributed by atoms with Crippen molar-refractivity contribution in [3.05, 3.63) is 12.2 Å². The summed E-state index contributed by atoms with van der Waals surface area (Å²) < 4.78 is 5.20. The highest BCUT2D eigenvalue weighted by Crippen LogP contribution is 2.44. The summed E-state index contributed by atoms with van der Waals surface area (Å²) in [6.45, 7) is 6.37. The Morgan fingerprint density at radius 3 is 2.63 bits per heavy atom. The standard InChI is InChI=1S/C20H32N2O5/c1-4-6-7-10-21-18(24)17-14-9-8-13(3)15(20(26)27-5-2)16(14)19(25)22(17)11-12-23/h8-9,13-17,23H,4-7,10-12H2,1-3H3,(H,21,24)/t13-,14+,15-,16+,17+/m1/s1. The van der Waals surface area contributed by atoms with Gasteiger partial charge in [0, 0.05) is 19.0 Å². The monoisotopic (exact) mass is 380 g/mol. The van der Waals surface area contributed by atoms with Crippen molar-refractivity contribution < 1.29 is 24.2 Å². The molecule has 0 bridgehead atoms. The van der Waals surface area contributed by atoms with Crippen molar-refractivity contribution in [1.29, 1.82) is 0 Å². The lowest BCUT2D eigenvalue weighted by molar-refractivity contribution is -0.155. The first kappa shape index (κ1) is 21.4. The van der Waals surface area contributed by atoms with Gasteiger partial charge >= 0.3 is 5.97 Å². The Bertz CT molecular complexity index is 577. The number of esters is 1. The van der Waals surface area contributed by atoms with Crippen LogP contribution in [0.3, 0.4) is 0 Å². The number of aliphatic hydroxyl groups excluding tert-OH is 1. The molecule has 2 rings (SSSR count). The van der Waals surface area contributed by atoms with E-state index < -0.39 is 23.8 Å². The number of rotatable bonds is 9. The molecular formula is C20H32N2O5. The van der Waals surface area contributed by atoms with Crippen LogP contribution in [0.15, 0.2) is 12.2 Å². The maximum Gasteiger partial charge on any atom is 0.310 e. The van der Waals surface area contributed by atoms with Gasteiger partial charge in [0.25, 0.3) is 0 Å². The molecule has 1 heterocycles. The number of aliphatic hydroxyl groups is 1. The average Bonchev–Trinajstić information content (AvgIpc) is 2.91. The lowest BCUT2D eigenvalue weighted by Gasteiger charge is -2.32. The van der Waals surface area contributed by atoms with Gasteiger partial charge in [-0.2, -0.15) is 0 Å². The summed E-state index contributed by atoms with van der Waals surface area (Å²) in [4.78, 5) is 39.9. The Morgan fingerprint density at radius 2 is 2.00 bits per heavy atom. The summed E-state index contributed by atoms with van der Waals surface area (Å²) in [7, 11) is 0. The fraction of sp³-hybridized carbons (Fsp3) is 0.750. The molecule has 0 spiro atoms. The van der Waals surface area contributed by atoms with Crippen molar-refractivity contribution in [2.24, 2.45) is 23.7 Å². The largest absolute Gasteiger partial charge is 0.466 e. The number of allylic oxidation sites excluding steroid dienone is 1. The van der Waals surface area contributed by atoms with E-state index in [1.165, 1.54) is 4.90 Å². The molecule has 0 aromatic heterocycles. The van der Waals surface area contributed by atoms with Crippen LogP contribution in [0.5, 0.6) is 0 Å². The Labute approximate surface area is 161 Å². The lowest BCUT2D eigenvalue weighted by atomic mass is 9.70. The summed E-state index contributed by atoms with van der Waals surface area (Å²) in [6, 6.07) is -0.697. The maximum atomic E-state index is 13.1. The maximum absolute atomic E-state index is 13.1. The van der Waals surface area contributed by atoms with Crippen LogP contribution < -0.4 is 5.32 Å². The second kappa shape index (κ2) is 9.88. The van der Waals surface area contributed by atoms with Crippen molar-refractivity contribution in [3.63, 3.8) is 0 Å². The van der Waals surface area contributed by atoms with Crippen LogP contribution in [0.1, 0.15) is 40.0 Å². The second-order valence-corrected chi connectivity index (χ2v) is 7.32. The Kier molecular flexibility index (Phi) is 7.83. The summed E-state index contributed by atoms with van der Waals surface area (Å²) in [5.41, 5.74) is 0. The van der Waals surface area contributed by atoms with Crippen molar-refractivity contribution in [1.82, 2.24) is 10.2 Å². The zero-order valence-electron chi connectivity index (χ0n) is 16.5. The lowest BCUT2D eigenvalue weighted by Crippen LogP contribution is -2.48. The SMILES string of the molecule is CCCCCNC(=O)[C@@H]1[C@H]2C=C[C@@H](C)[C@@H](C(=O)OCC)[C@H]2C(=O)N1CCO. The molecule has 7 nitrogen and oxygen atoms in total. The number of hydrogen-bond acceptors (Lipinski definition) is 5. The molecule has 2 amide bonds. The first-order valence-electron chi connectivity index (χ1n) is 10.0. The van der Waals surface area contributed by atoms with E-state index >= 15 is 0 Å². The summed E-state index contributed by atoms with van der Waals surface area (Å²) in [6.07, 6.45) is 6.75. The van der Waals surface area contributed by atoms with Crippen LogP contribution in [0, 0.1) is 23.7 Å². The number of fused-ring (bicyclic) bond motifs is 1. The third kappa shape index (κ3) is 4.51. The smallest absolute Gasteiger partial charge is 0.310 e. The van der Waals surface area contributed by atoms with Crippen LogP contribution in [-0.2, 0) is 19.1 Å². The number of carbonyl (C=O) groups excluding carboxylic acids is 3. The molecule has 1 saturated heterocycles. The highest BCUT2D eigenvalue weighted by Gasteiger charge is 2.56. The molecule has 5 atom stereocenters. The van der Waals surface area contributed by atoms with Gasteiger partial charge in [-0.15, -0.1) is 0 Å². The zero-order chi connectivity index (χ0) is 20.0. The van der Waals surface area contributed by atoms with E-state index in [1.807, 2.05) is 19.1 Å². The van der Waals surface area contributed by atoms with Crippen molar-refractivity contribution in [2.75, 3.05) is 26.3 Å².